The molecule has 0 aromatic rings. The minimum Gasteiger partial charge on any atom is -0.444 e. The van der Waals surface area contributed by atoms with Crippen LogP contribution in [0.15, 0.2) is 0 Å². The molecule has 26 heavy (non-hydrogen) atoms. The molecule has 0 heterocycles. The summed E-state index contributed by atoms with van der Waals surface area (Å²) < 4.78 is 100. The monoisotopic (exact) mass is 406 g/mol. The number of hydrogen-bond acceptors (Lipinski definition) is 4. The molecule has 0 spiro atoms. The second-order valence-corrected chi connectivity index (χ2v) is 9.28. The Morgan fingerprint density at radius 3 is 2.31 bits per heavy atom. The number of carbonyl (C=O) groups is 1. The molecule has 5 atom stereocenters. The van der Waals surface area contributed by atoms with Crippen LogP contribution >= 0.6 is 0 Å². The van der Waals surface area contributed by atoms with Crippen LogP contribution in [0.1, 0.15) is 44.9 Å². The molecule has 0 saturated heterocycles. The molecule has 3 aliphatic rings. The maximum atomic E-state index is 13.7. The van der Waals surface area contributed by atoms with E-state index in [-0.39, 0.29) is 31.1 Å². The third kappa shape index (κ3) is 3.21. The number of rotatable bonds is 4. The Balaban J connectivity index is 1.87. The average Bonchev–Trinajstić information content (AvgIpc) is 2.47. The van der Waals surface area contributed by atoms with Gasteiger partial charge in [0.25, 0.3) is 6.10 Å². The van der Waals surface area contributed by atoms with Crippen molar-refractivity contribution in [2.75, 3.05) is 0 Å². The number of halogens is 5. The van der Waals surface area contributed by atoms with Gasteiger partial charge in [-0.2, -0.15) is 30.4 Å². The smallest absolute Gasteiger partial charge is 0.432 e. The number of carbonyl (C=O) groups excluding carboxylic acids is 1. The number of alkyl halides is 5. The second-order valence-electron chi connectivity index (χ2n) is 7.79. The molecule has 0 aromatic heterocycles. The van der Waals surface area contributed by atoms with Crippen molar-refractivity contribution in [3.63, 3.8) is 0 Å². The number of fused-ring (bicyclic) bond motifs is 2. The molecular weight excluding hydrogens is 387 g/mol. The molecule has 3 aliphatic carbocycles. The zero-order valence-corrected chi connectivity index (χ0v) is 14.5. The Morgan fingerprint density at radius 2 is 1.73 bits per heavy atom. The van der Waals surface area contributed by atoms with Gasteiger partial charge in [0.15, 0.2) is 0 Å². The molecular formula is C15H19F5O5S. The van der Waals surface area contributed by atoms with Gasteiger partial charge in [0.1, 0.15) is 0 Å². The van der Waals surface area contributed by atoms with Crippen molar-refractivity contribution in [1.82, 2.24) is 0 Å². The SMILES string of the molecule is O=C(OC(C(F)(F)F)C(F)(F)S(=O)(=O)O)C12CCC3CCC(CC3C1)C2. The standard InChI is InChI=1S/C15H19F5O5S/c16-14(17,18)11(15(19,20)26(22,23)24)25-12(21)13-4-3-9-2-1-8(6-13)5-10(9)7-13/h8-11H,1-7H2,(H,22,23,24). The molecule has 3 rings (SSSR count). The van der Waals surface area contributed by atoms with E-state index in [2.05, 4.69) is 4.74 Å². The van der Waals surface area contributed by atoms with E-state index in [1.807, 2.05) is 0 Å². The fraction of sp³-hybridized carbons (Fsp3) is 0.933. The van der Waals surface area contributed by atoms with Gasteiger partial charge < -0.3 is 4.74 Å². The Hall–Kier alpha value is -0.970. The summed E-state index contributed by atoms with van der Waals surface area (Å²) in [5, 5.41) is -5.68. The maximum Gasteiger partial charge on any atom is 0.432 e. The highest BCUT2D eigenvalue weighted by Gasteiger charge is 2.67. The van der Waals surface area contributed by atoms with Crippen molar-refractivity contribution in [1.29, 1.82) is 0 Å². The zero-order valence-electron chi connectivity index (χ0n) is 13.6. The van der Waals surface area contributed by atoms with E-state index in [0.717, 1.165) is 19.3 Å². The van der Waals surface area contributed by atoms with E-state index in [9.17, 15) is 35.2 Å². The molecule has 0 radical (unpaired) electrons. The Bertz CT molecular complexity index is 687. The van der Waals surface area contributed by atoms with Gasteiger partial charge in [0.05, 0.1) is 5.41 Å². The maximum absolute atomic E-state index is 13.7. The first-order valence-corrected chi connectivity index (χ1v) is 9.83. The van der Waals surface area contributed by atoms with E-state index in [0.29, 0.717) is 12.3 Å². The minimum atomic E-state index is -6.42. The van der Waals surface area contributed by atoms with Crippen LogP contribution in [0.3, 0.4) is 0 Å². The third-order valence-corrected chi connectivity index (χ3v) is 7.08. The van der Waals surface area contributed by atoms with Crippen LogP contribution in [0.5, 0.6) is 0 Å². The van der Waals surface area contributed by atoms with Crippen molar-refractivity contribution < 1.29 is 44.5 Å². The topological polar surface area (TPSA) is 80.7 Å². The van der Waals surface area contributed by atoms with Crippen molar-refractivity contribution in [2.45, 2.75) is 62.5 Å². The number of esters is 1. The first-order chi connectivity index (χ1) is 11.8. The first kappa shape index (κ1) is 19.8. The van der Waals surface area contributed by atoms with E-state index in [1.165, 1.54) is 0 Å². The summed E-state index contributed by atoms with van der Waals surface area (Å²) in [5.74, 6) is -0.789. The lowest BCUT2D eigenvalue weighted by Gasteiger charge is -2.53. The summed E-state index contributed by atoms with van der Waals surface area (Å²) in [6, 6.07) is 0. The minimum absolute atomic E-state index is 0.129. The Morgan fingerprint density at radius 1 is 1.08 bits per heavy atom. The summed E-state index contributed by atoms with van der Waals surface area (Å²) in [6.07, 6.45) is -6.02. The van der Waals surface area contributed by atoms with Crippen molar-refractivity contribution >= 4 is 16.1 Å². The normalized spacial score (nSPS) is 35.8. The molecule has 0 amide bonds. The van der Waals surface area contributed by atoms with Gasteiger partial charge in [-0.05, 0) is 56.3 Å². The Kier molecular flexibility index (Phi) is 4.58. The number of hydrogen-bond donors (Lipinski definition) is 1. The van der Waals surface area contributed by atoms with Gasteiger partial charge in [-0.3, -0.25) is 9.35 Å². The van der Waals surface area contributed by atoms with Crippen LogP contribution in [-0.2, 0) is 19.6 Å². The molecule has 5 nitrogen and oxygen atoms in total. The summed E-state index contributed by atoms with van der Waals surface area (Å²) in [4.78, 5) is 12.5. The lowest BCUT2D eigenvalue weighted by molar-refractivity contribution is -0.265. The summed E-state index contributed by atoms with van der Waals surface area (Å²) >= 11 is 0. The molecule has 1 N–H and O–H groups in total. The largest absolute Gasteiger partial charge is 0.444 e. The van der Waals surface area contributed by atoms with Crippen molar-refractivity contribution in [3.05, 3.63) is 0 Å². The van der Waals surface area contributed by atoms with Gasteiger partial charge in [-0.25, -0.2) is 0 Å². The molecule has 3 bridgehead atoms. The quantitative estimate of drug-likeness (QED) is 0.439. The van der Waals surface area contributed by atoms with Crippen LogP contribution < -0.4 is 0 Å². The van der Waals surface area contributed by atoms with E-state index < -0.39 is 39.0 Å². The fourth-order valence-electron chi connectivity index (χ4n) is 5.00. The van der Waals surface area contributed by atoms with Crippen molar-refractivity contribution in [2.24, 2.45) is 23.2 Å². The second kappa shape index (κ2) is 6.02. The Labute approximate surface area is 147 Å². The highest BCUT2D eigenvalue weighted by molar-refractivity contribution is 7.86. The van der Waals surface area contributed by atoms with Crippen LogP contribution in [-0.4, -0.2) is 36.5 Å². The molecule has 5 unspecified atom stereocenters. The third-order valence-electron chi connectivity index (χ3n) is 6.18. The van der Waals surface area contributed by atoms with Gasteiger partial charge in [-0.1, -0.05) is 6.42 Å². The number of ether oxygens (including phenoxy) is 1. The van der Waals surface area contributed by atoms with Crippen molar-refractivity contribution in [3.8, 4) is 0 Å². The molecule has 3 saturated carbocycles. The van der Waals surface area contributed by atoms with Crippen LogP contribution in [0.25, 0.3) is 0 Å². The lowest BCUT2D eigenvalue weighted by atomic mass is 9.51. The molecule has 150 valence electrons. The van der Waals surface area contributed by atoms with Crippen LogP contribution in [0.2, 0.25) is 0 Å². The lowest BCUT2D eigenvalue weighted by Crippen LogP contribution is -2.55. The van der Waals surface area contributed by atoms with E-state index in [4.69, 9.17) is 4.55 Å². The van der Waals surface area contributed by atoms with Gasteiger partial charge in [-0.15, -0.1) is 0 Å². The van der Waals surface area contributed by atoms with Gasteiger partial charge >= 0.3 is 27.5 Å². The summed E-state index contributed by atoms with van der Waals surface area (Å²) in [7, 11) is -6.42. The average molecular weight is 406 g/mol. The highest BCUT2D eigenvalue weighted by Crippen LogP contribution is 2.59. The van der Waals surface area contributed by atoms with Gasteiger partial charge in [0.2, 0.25) is 0 Å². The highest BCUT2D eigenvalue weighted by atomic mass is 32.2. The predicted molar refractivity (Wildman–Crippen MR) is 77.7 cm³/mol. The first-order valence-electron chi connectivity index (χ1n) is 8.39. The molecule has 11 heteroatoms. The van der Waals surface area contributed by atoms with Crippen LogP contribution in [0.4, 0.5) is 22.0 Å². The zero-order chi connectivity index (χ0) is 19.5. The van der Waals surface area contributed by atoms with Crippen LogP contribution in [0, 0.1) is 23.2 Å². The van der Waals surface area contributed by atoms with E-state index in [1.54, 1.807) is 0 Å². The molecule has 0 aromatic carbocycles. The fourth-order valence-corrected chi connectivity index (χ4v) is 5.46. The molecule has 0 aliphatic heterocycles. The molecule has 3 fully saturated rings. The summed E-state index contributed by atoms with van der Waals surface area (Å²) in [6.45, 7) is 0. The predicted octanol–water partition coefficient (Wildman–Crippen LogP) is 3.55. The van der Waals surface area contributed by atoms with Gasteiger partial charge in [0, 0.05) is 0 Å². The summed E-state index contributed by atoms with van der Waals surface area (Å²) in [5.41, 5.74) is -1.29. The van der Waals surface area contributed by atoms with E-state index >= 15 is 0 Å².